The van der Waals surface area contributed by atoms with Crippen molar-refractivity contribution in [2.24, 2.45) is 0 Å². The average Bonchev–Trinajstić information content (AvgIpc) is 3.39. The van der Waals surface area contributed by atoms with Crippen molar-refractivity contribution in [1.82, 2.24) is 20.2 Å². The van der Waals surface area contributed by atoms with Crippen LogP contribution in [0.1, 0.15) is 29.5 Å². The summed E-state index contributed by atoms with van der Waals surface area (Å²) in [6.07, 6.45) is -3.09. The van der Waals surface area contributed by atoms with Crippen LogP contribution in [0.2, 0.25) is 0 Å². The van der Waals surface area contributed by atoms with E-state index in [9.17, 15) is 31.0 Å². The molecule has 0 saturated carbocycles. The van der Waals surface area contributed by atoms with Gasteiger partial charge in [-0.15, -0.1) is 10.2 Å². The molecule has 0 saturated heterocycles. The van der Waals surface area contributed by atoms with E-state index in [-0.39, 0.29) is 28.3 Å². The van der Waals surface area contributed by atoms with Gasteiger partial charge in [0, 0.05) is 24.2 Å². The van der Waals surface area contributed by atoms with E-state index in [0.29, 0.717) is 4.90 Å². The smallest absolute Gasteiger partial charge is 0.316 e. The minimum absolute atomic E-state index is 0.0145. The number of benzene rings is 2. The highest BCUT2D eigenvalue weighted by Crippen LogP contribution is 2.37. The van der Waals surface area contributed by atoms with Crippen LogP contribution in [0.25, 0.3) is 11.5 Å². The zero-order valence-corrected chi connectivity index (χ0v) is 20.1. The number of para-hydroxylation sites is 1. The summed E-state index contributed by atoms with van der Waals surface area (Å²) in [5, 5.41) is 6.67. The summed E-state index contributed by atoms with van der Waals surface area (Å²) in [7, 11) is -1.58. The molecule has 2 aromatic carbocycles. The average molecular weight is 552 g/mol. The van der Waals surface area contributed by atoms with Crippen molar-refractivity contribution >= 4 is 28.5 Å². The molecule has 0 spiro atoms. The largest absolute Gasteiger partial charge is 0.415 e. The molecule has 0 bridgehead atoms. The minimum atomic E-state index is -3.49. The lowest BCUT2D eigenvalue weighted by Crippen LogP contribution is -2.41. The molecule has 0 aliphatic heterocycles. The summed E-state index contributed by atoms with van der Waals surface area (Å²) in [6.45, 7) is 0. The van der Waals surface area contributed by atoms with Crippen LogP contribution in [0.5, 0.6) is 0 Å². The summed E-state index contributed by atoms with van der Waals surface area (Å²) >= 11 is 0. The fourth-order valence-electron chi connectivity index (χ4n) is 3.54. The summed E-state index contributed by atoms with van der Waals surface area (Å²) < 4.78 is 86.5. The van der Waals surface area contributed by atoms with Crippen LogP contribution in [0.3, 0.4) is 0 Å². The van der Waals surface area contributed by atoms with Gasteiger partial charge in [-0.1, -0.05) is 30.3 Å². The van der Waals surface area contributed by atoms with Gasteiger partial charge in [-0.25, -0.2) is 18.6 Å². The minimum Gasteiger partial charge on any atom is -0.415 e. The van der Waals surface area contributed by atoms with E-state index in [1.807, 2.05) is 0 Å². The summed E-state index contributed by atoms with van der Waals surface area (Å²) in [5.74, 6) is -4.07. The molecule has 2 atom stereocenters. The maximum absolute atomic E-state index is 13.9. The third-order valence-corrected chi connectivity index (χ3v) is 5.61. The van der Waals surface area contributed by atoms with Gasteiger partial charge >= 0.3 is 12.9 Å². The lowest BCUT2D eigenvalue weighted by molar-refractivity contribution is -0.129. The first-order chi connectivity index (χ1) is 18.2. The van der Waals surface area contributed by atoms with E-state index in [1.165, 1.54) is 30.5 Å². The number of halogens is 5. The van der Waals surface area contributed by atoms with Crippen molar-refractivity contribution in [3.63, 3.8) is 0 Å². The van der Waals surface area contributed by atoms with Crippen LogP contribution in [0.4, 0.5) is 33.6 Å². The Kier molecular flexibility index (Phi) is 8.05. The fourth-order valence-corrected chi connectivity index (χ4v) is 4.03. The predicted octanol–water partition coefficient (Wildman–Crippen LogP) is 4.70. The van der Waals surface area contributed by atoms with Crippen molar-refractivity contribution in [1.29, 1.82) is 0 Å². The van der Waals surface area contributed by atoms with Gasteiger partial charge in [0.1, 0.15) is 16.8 Å². The van der Waals surface area contributed by atoms with Crippen molar-refractivity contribution in [3.05, 3.63) is 83.8 Å². The molecular formula is C23H17F5N6O3S. The van der Waals surface area contributed by atoms with Gasteiger partial charge in [0.25, 0.3) is 17.7 Å². The number of alkyl halides is 4. The van der Waals surface area contributed by atoms with Crippen molar-refractivity contribution in [3.8, 4) is 11.5 Å². The van der Waals surface area contributed by atoms with Crippen LogP contribution in [0, 0.1) is 5.82 Å². The van der Waals surface area contributed by atoms with Gasteiger partial charge in [-0.2, -0.15) is 17.6 Å². The number of anilines is 2. The van der Waals surface area contributed by atoms with Gasteiger partial charge in [0.2, 0.25) is 5.95 Å². The Labute approximate surface area is 214 Å². The Morgan fingerprint density at radius 2 is 1.66 bits per heavy atom. The third kappa shape index (κ3) is 5.82. The Bertz CT molecular complexity index is 1440. The molecule has 15 heteroatoms. The third-order valence-electron chi connectivity index (χ3n) is 5.11. The van der Waals surface area contributed by atoms with Crippen molar-refractivity contribution in [2.75, 3.05) is 15.9 Å². The second-order valence-corrected chi connectivity index (χ2v) is 8.74. The molecule has 0 aliphatic carbocycles. The van der Waals surface area contributed by atoms with Gasteiger partial charge < -0.3 is 9.14 Å². The van der Waals surface area contributed by atoms with Crippen LogP contribution in [0.15, 0.2) is 65.3 Å². The molecule has 1 N–H and O–H groups in total. The van der Waals surface area contributed by atoms with Gasteiger partial charge in [-0.05, 0) is 23.8 Å². The molecule has 9 nitrogen and oxygen atoms in total. The molecule has 4 rings (SSSR count). The first kappa shape index (κ1) is 26.8. The maximum atomic E-state index is 13.9. The molecule has 0 radical (unpaired) electrons. The number of amides is 1. The van der Waals surface area contributed by atoms with Gasteiger partial charge in [0.05, 0.1) is 17.3 Å². The van der Waals surface area contributed by atoms with Gasteiger partial charge in [0.15, 0.2) is 0 Å². The normalized spacial score (nSPS) is 12.9. The van der Waals surface area contributed by atoms with Crippen LogP contribution >= 0.6 is 0 Å². The number of carbonyl (C=O) groups excluding carboxylic acids is 1. The molecule has 2 aromatic heterocycles. The summed E-state index contributed by atoms with van der Waals surface area (Å²) in [4.78, 5) is 21.5. The number of aromatic nitrogens is 4. The number of carbonyl (C=O) groups is 1. The van der Waals surface area contributed by atoms with E-state index in [0.717, 1.165) is 24.5 Å². The molecular weight excluding hydrogens is 535 g/mol. The molecule has 2 heterocycles. The van der Waals surface area contributed by atoms with Crippen LogP contribution in [-0.4, -0.2) is 43.0 Å². The van der Waals surface area contributed by atoms with Gasteiger partial charge in [-0.3, -0.25) is 9.69 Å². The number of hydrogen-bond acceptors (Lipinski definition) is 7. The second-order valence-electron chi connectivity index (χ2n) is 7.62. The van der Waals surface area contributed by atoms with Crippen LogP contribution < -0.4 is 9.62 Å². The van der Waals surface area contributed by atoms with E-state index in [1.54, 1.807) is 12.1 Å². The summed E-state index contributed by atoms with van der Waals surface area (Å²) in [6, 6.07) is 9.64. The highest BCUT2D eigenvalue weighted by Gasteiger charge is 2.36. The molecule has 1 amide bonds. The fraction of sp³-hybridized carbons (Fsp3) is 0.174. The number of hydrogen-bond donors (Lipinski definition) is 1. The molecule has 0 aliphatic rings. The molecule has 38 heavy (non-hydrogen) atoms. The molecule has 4 aromatic rings. The molecule has 0 fully saturated rings. The number of nitrogens with one attached hydrogen (secondary N) is 1. The second kappa shape index (κ2) is 11.4. The van der Waals surface area contributed by atoms with E-state index in [2.05, 4.69) is 24.9 Å². The zero-order valence-electron chi connectivity index (χ0n) is 19.3. The molecule has 198 valence electrons. The number of nitrogens with zero attached hydrogens (tertiary/aromatic N) is 5. The van der Waals surface area contributed by atoms with Crippen molar-refractivity contribution < 1.29 is 35.4 Å². The summed E-state index contributed by atoms with van der Waals surface area (Å²) in [5.41, 5.74) is 0.674. The van der Waals surface area contributed by atoms with E-state index in [4.69, 9.17) is 4.42 Å². The van der Waals surface area contributed by atoms with E-state index >= 15 is 0 Å². The standard InChI is InChI=1S/C23H17F5N6O3S/c1-38(36)33-16-5-3-2-4-15(16)17(12-6-8-14(24)9-7-12)34(22(35)19(27)28)23-29-10-13(11-30-23)20-31-32-21(37-20)18(25)26/h2-11,17-19,33H,1H3. The van der Waals surface area contributed by atoms with E-state index < -0.39 is 53.4 Å². The highest BCUT2D eigenvalue weighted by atomic mass is 32.2. The molecule has 2 unspecified atom stereocenters. The number of rotatable bonds is 9. The monoisotopic (exact) mass is 552 g/mol. The van der Waals surface area contributed by atoms with Crippen molar-refractivity contribution in [2.45, 2.75) is 18.9 Å². The maximum Gasteiger partial charge on any atom is 0.316 e. The first-order valence-corrected chi connectivity index (χ1v) is 12.2. The zero-order chi connectivity index (χ0) is 27.4. The first-order valence-electron chi connectivity index (χ1n) is 10.7. The quantitative estimate of drug-likeness (QED) is 0.300. The Morgan fingerprint density at radius 3 is 2.24 bits per heavy atom. The lowest BCUT2D eigenvalue weighted by atomic mass is 9.95. The predicted molar refractivity (Wildman–Crippen MR) is 126 cm³/mol. The Balaban J connectivity index is 1.86. The Hall–Kier alpha value is -4.27. The topological polar surface area (TPSA) is 114 Å². The van der Waals surface area contributed by atoms with Crippen LogP contribution in [-0.2, 0) is 15.8 Å². The Morgan fingerprint density at radius 1 is 1.00 bits per heavy atom. The lowest BCUT2D eigenvalue weighted by Gasteiger charge is -2.32. The highest BCUT2D eigenvalue weighted by molar-refractivity contribution is 7.85. The SMILES string of the molecule is CS(=O)Nc1ccccc1C(c1ccc(F)cc1)N(C(=O)C(F)F)c1ncc(-c2nnc(C(F)F)o2)cn1.